The Bertz CT molecular complexity index is 803. The quantitative estimate of drug-likeness (QED) is 0.633. The van der Waals surface area contributed by atoms with Crippen molar-refractivity contribution in [3.63, 3.8) is 0 Å². The Balaban J connectivity index is 2.40. The van der Waals surface area contributed by atoms with Crippen molar-refractivity contribution in [2.24, 2.45) is 0 Å². The van der Waals surface area contributed by atoms with E-state index < -0.39 is 0 Å². The maximum absolute atomic E-state index is 12.3. The molecule has 2 rings (SSSR count). The van der Waals surface area contributed by atoms with E-state index in [1.54, 1.807) is 43.5 Å². The number of rotatable bonds is 4. The summed E-state index contributed by atoms with van der Waals surface area (Å²) in [5, 5.41) is 3.38. The largest absolute Gasteiger partial charge is 0.385 e. The number of halogens is 2. The summed E-state index contributed by atoms with van der Waals surface area (Å²) in [6.45, 7) is 0. The van der Waals surface area contributed by atoms with Crippen molar-refractivity contribution < 1.29 is 4.79 Å². The fourth-order valence-electron chi connectivity index (χ4n) is 1.89. The van der Waals surface area contributed by atoms with E-state index in [1.165, 1.54) is 12.1 Å². The number of anilines is 1. The average Bonchev–Trinajstić information content (AvgIpc) is 2.64. The van der Waals surface area contributed by atoms with E-state index in [2.05, 4.69) is 21.2 Å². The second-order valence-electron chi connectivity index (χ2n) is 4.52. The molecule has 0 aliphatic heterocycles. The Kier molecular flexibility index (Phi) is 5.52. The first-order valence-electron chi connectivity index (χ1n) is 6.51. The predicted octanol–water partition coefficient (Wildman–Crippen LogP) is 4.40. The van der Waals surface area contributed by atoms with Crippen molar-refractivity contribution in [1.82, 2.24) is 0 Å². The van der Waals surface area contributed by atoms with Gasteiger partial charge in [0.05, 0.1) is 11.3 Å². The highest BCUT2D eigenvalue weighted by molar-refractivity contribution is 9.10. The van der Waals surface area contributed by atoms with Gasteiger partial charge in [-0.1, -0.05) is 45.7 Å². The molecule has 0 radical (unpaired) electrons. The molecule has 2 aromatic rings. The van der Waals surface area contributed by atoms with Crippen LogP contribution in [-0.4, -0.2) is 12.8 Å². The molecule has 0 heterocycles. The monoisotopic (exact) mass is 377 g/mol. The molecule has 0 aliphatic rings. The highest BCUT2D eigenvalue weighted by atomic mass is 79.9. The molecule has 0 unspecified atom stereocenters. The number of hydrogen-bond acceptors (Lipinski definition) is 3. The fourth-order valence-corrected chi connectivity index (χ4v) is 2.45. The van der Waals surface area contributed by atoms with Crippen LogP contribution >= 0.6 is 27.5 Å². The van der Waals surface area contributed by atoms with Gasteiger partial charge in [0.2, 0.25) is 5.43 Å². The molecule has 112 valence electrons. The molecular weight excluding hydrogens is 366 g/mol. The molecule has 0 aromatic heterocycles. The number of carbonyl (C=O) groups excluding carboxylic acids is 1. The zero-order valence-corrected chi connectivity index (χ0v) is 14.1. The highest BCUT2D eigenvalue weighted by Crippen LogP contribution is 2.14. The lowest BCUT2D eigenvalue weighted by Crippen LogP contribution is -2.14. The second kappa shape index (κ2) is 7.38. The van der Waals surface area contributed by atoms with E-state index in [1.807, 2.05) is 6.07 Å². The second-order valence-corrected chi connectivity index (χ2v) is 5.87. The SMILES string of the molecule is CNc1ccc(Br)cc(C(=O)/C=C\c2cccc(Cl)c2)c1=O. The van der Waals surface area contributed by atoms with E-state index in [0.29, 0.717) is 15.2 Å². The van der Waals surface area contributed by atoms with Crippen molar-refractivity contribution in [2.75, 3.05) is 12.4 Å². The standard InChI is InChI=1S/C17H13BrClNO2/c1-20-15-7-6-12(18)10-14(17(15)22)16(21)8-5-11-3-2-4-13(19)9-11/h2-10H,1H3,(H,20,22)/b8-5-. The van der Waals surface area contributed by atoms with Gasteiger partial charge in [-0.05, 0) is 42.0 Å². The van der Waals surface area contributed by atoms with Crippen LogP contribution in [0.4, 0.5) is 5.69 Å². The Morgan fingerprint density at radius 1 is 1.23 bits per heavy atom. The first-order valence-corrected chi connectivity index (χ1v) is 7.68. The maximum Gasteiger partial charge on any atom is 0.212 e. The number of allylic oxidation sites excluding steroid dienone is 1. The first kappa shape index (κ1) is 16.5. The number of benzene rings is 1. The van der Waals surface area contributed by atoms with Gasteiger partial charge in [-0.25, -0.2) is 0 Å². The third kappa shape index (κ3) is 4.06. The Morgan fingerprint density at radius 2 is 2.00 bits per heavy atom. The van der Waals surface area contributed by atoms with Crippen LogP contribution in [0.3, 0.4) is 0 Å². The van der Waals surface area contributed by atoms with Crippen LogP contribution in [0.1, 0.15) is 15.9 Å². The van der Waals surface area contributed by atoms with Crippen molar-refractivity contribution in [3.8, 4) is 0 Å². The molecule has 0 saturated carbocycles. The van der Waals surface area contributed by atoms with Gasteiger partial charge in [-0.2, -0.15) is 0 Å². The van der Waals surface area contributed by atoms with Crippen LogP contribution in [0.25, 0.3) is 6.08 Å². The summed E-state index contributed by atoms with van der Waals surface area (Å²) < 4.78 is 0.658. The van der Waals surface area contributed by atoms with Crippen LogP contribution in [-0.2, 0) is 0 Å². The summed E-state index contributed by atoms with van der Waals surface area (Å²) in [6, 6.07) is 12.0. The van der Waals surface area contributed by atoms with Crippen molar-refractivity contribution in [1.29, 1.82) is 0 Å². The summed E-state index contributed by atoms with van der Waals surface area (Å²) in [7, 11) is 1.64. The van der Waals surface area contributed by atoms with E-state index in [4.69, 9.17) is 11.6 Å². The normalized spacial score (nSPS) is 10.7. The van der Waals surface area contributed by atoms with Gasteiger partial charge in [-0.15, -0.1) is 0 Å². The minimum Gasteiger partial charge on any atom is -0.385 e. The van der Waals surface area contributed by atoms with Gasteiger partial charge in [-0.3, -0.25) is 9.59 Å². The van der Waals surface area contributed by atoms with E-state index in [0.717, 1.165) is 5.56 Å². The summed E-state index contributed by atoms with van der Waals surface area (Å²) in [5.41, 5.74) is 0.917. The zero-order chi connectivity index (χ0) is 16.1. The zero-order valence-electron chi connectivity index (χ0n) is 11.8. The molecule has 1 N–H and O–H groups in total. The molecule has 22 heavy (non-hydrogen) atoms. The van der Waals surface area contributed by atoms with E-state index in [-0.39, 0.29) is 16.8 Å². The molecule has 2 aromatic carbocycles. The fraction of sp³-hybridized carbons (Fsp3) is 0.0588. The smallest absolute Gasteiger partial charge is 0.212 e. The number of nitrogens with one attached hydrogen (secondary N) is 1. The van der Waals surface area contributed by atoms with Gasteiger partial charge < -0.3 is 5.32 Å². The van der Waals surface area contributed by atoms with Crippen molar-refractivity contribution in [3.05, 3.63) is 79.4 Å². The number of carbonyl (C=O) groups is 1. The molecule has 5 heteroatoms. The molecule has 0 amide bonds. The lowest BCUT2D eigenvalue weighted by atomic mass is 10.1. The van der Waals surface area contributed by atoms with Crippen LogP contribution in [0.15, 0.2) is 57.8 Å². The molecular formula is C17H13BrClNO2. The molecule has 0 fully saturated rings. The molecule has 0 spiro atoms. The molecule has 0 atom stereocenters. The number of ketones is 1. The predicted molar refractivity (Wildman–Crippen MR) is 94.8 cm³/mol. The molecule has 0 saturated heterocycles. The molecule has 0 aliphatic carbocycles. The summed E-state index contributed by atoms with van der Waals surface area (Å²) in [6.07, 6.45) is 3.00. The topological polar surface area (TPSA) is 46.2 Å². The highest BCUT2D eigenvalue weighted by Gasteiger charge is 2.10. The summed E-state index contributed by atoms with van der Waals surface area (Å²) in [5.74, 6) is -0.363. The summed E-state index contributed by atoms with van der Waals surface area (Å²) in [4.78, 5) is 24.6. The van der Waals surface area contributed by atoms with Gasteiger partial charge >= 0.3 is 0 Å². The minimum absolute atomic E-state index is 0.0968. The Morgan fingerprint density at radius 3 is 2.68 bits per heavy atom. The Hall–Kier alpha value is -1.91. The molecule has 3 nitrogen and oxygen atoms in total. The van der Waals surface area contributed by atoms with Gasteiger partial charge in [0.25, 0.3) is 0 Å². The Labute approximate surface area is 141 Å². The van der Waals surface area contributed by atoms with Crippen LogP contribution in [0.2, 0.25) is 5.02 Å². The van der Waals surface area contributed by atoms with E-state index in [9.17, 15) is 9.59 Å². The lowest BCUT2D eigenvalue weighted by molar-refractivity contribution is 0.104. The maximum atomic E-state index is 12.3. The van der Waals surface area contributed by atoms with Crippen LogP contribution < -0.4 is 10.7 Å². The minimum atomic E-state index is -0.363. The summed E-state index contributed by atoms with van der Waals surface area (Å²) >= 11 is 9.20. The van der Waals surface area contributed by atoms with Gasteiger partial charge in [0.1, 0.15) is 0 Å². The lowest BCUT2D eigenvalue weighted by Gasteiger charge is -1.96. The third-order valence-corrected chi connectivity index (χ3v) is 3.72. The van der Waals surface area contributed by atoms with Crippen molar-refractivity contribution >= 4 is 45.1 Å². The average molecular weight is 379 g/mol. The van der Waals surface area contributed by atoms with Crippen molar-refractivity contribution in [2.45, 2.75) is 0 Å². The van der Waals surface area contributed by atoms with E-state index >= 15 is 0 Å². The first-order chi connectivity index (χ1) is 10.5. The van der Waals surface area contributed by atoms with Crippen LogP contribution in [0, 0.1) is 0 Å². The number of hydrogen-bond donors (Lipinski definition) is 1. The van der Waals surface area contributed by atoms with Gasteiger partial charge in [0, 0.05) is 16.5 Å². The van der Waals surface area contributed by atoms with Crippen LogP contribution in [0.5, 0.6) is 0 Å². The molecule has 0 bridgehead atoms. The third-order valence-electron chi connectivity index (χ3n) is 2.99. The van der Waals surface area contributed by atoms with Gasteiger partial charge in [0.15, 0.2) is 5.78 Å².